The second-order valence-corrected chi connectivity index (χ2v) is 11.8. The lowest BCUT2D eigenvalue weighted by Gasteiger charge is -2.29. The zero-order chi connectivity index (χ0) is 31.2. The zero-order valence-electron chi connectivity index (χ0n) is 27.3. The highest BCUT2D eigenvalue weighted by molar-refractivity contribution is 6.09. The quantitative estimate of drug-likeness (QED) is 0.167. The van der Waals surface area contributed by atoms with Crippen molar-refractivity contribution in [2.45, 2.75) is 46.7 Å². The van der Waals surface area contributed by atoms with Crippen LogP contribution in [0.4, 0.5) is 0 Å². The van der Waals surface area contributed by atoms with Crippen LogP contribution in [0.15, 0.2) is 139 Å². The summed E-state index contributed by atoms with van der Waals surface area (Å²) in [5, 5.41) is 1.29. The Labute approximate surface area is 269 Å². The van der Waals surface area contributed by atoms with Gasteiger partial charge in [0.05, 0.1) is 5.69 Å². The Morgan fingerprint density at radius 1 is 0.756 bits per heavy atom. The van der Waals surface area contributed by atoms with E-state index >= 15 is 0 Å². The summed E-state index contributed by atoms with van der Waals surface area (Å²) in [6.45, 7) is 13.9. The van der Waals surface area contributed by atoms with Gasteiger partial charge in [0.15, 0.2) is 5.71 Å². The number of para-hydroxylation sites is 1. The van der Waals surface area contributed by atoms with Gasteiger partial charge in [0.1, 0.15) is 13.1 Å². The molecule has 1 unspecified atom stereocenters. The van der Waals surface area contributed by atoms with Gasteiger partial charge in [-0.15, -0.1) is 0 Å². The predicted molar refractivity (Wildman–Crippen MR) is 193 cm³/mol. The SMILES string of the molecule is CCN(CC)C1C=CC(C(=C2C=CC(=[N+](CC)CC)C=C2)c2c(-c3ccccc3)n(Cc3ccccc3)c3ccccc23)=CC1. The van der Waals surface area contributed by atoms with Crippen molar-refractivity contribution in [3.05, 3.63) is 150 Å². The van der Waals surface area contributed by atoms with Crippen molar-refractivity contribution in [2.75, 3.05) is 26.2 Å². The van der Waals surface area contributed by atoms with Crippen molar-refractivity contribution in [3.63, 3.8) is 0 Å². The molecule has 0 amide bonds. The van der Waals surface area contributed by atoms with Gasteiger partial charge >= 0.3 is 0 Å². The molecule has 0 bridgehead atoms. The molecule has 1 heterocycles. The molecule has 0 saturated carbocycles. The van der Waals surface area contributed by atoms with Gasteiger partial charge in [-0.25, -0.2) is 4.58 Å². The minimum Gasteiger partial charge on any atom is -0.335 e. The fourth-order valence-corrected chi connectivity index (χ4v) is 7.02. The maximum absolute atomic E-state index is 2.55. The van der Waals surface area contributed by atoms with E-state index in [4.69, 9.17) is 0 Å². The van der Waals surface area contributed by atoms with Gasteiger partial charge in [-0.3, -0.25) is 4.90 Å². The number of benzene rings is 3. The molecule has 3 nitrogen and oxygen atoms in total. The molecule has 3 heteroatoms. The second-order valence-electron chi connectivity index (χ2n) is 11.8. The van der Waals surface area contributed by atoms with Crippen LogP contribution < -0.4 is 0 Å². The monoisotopic (exact) mass is 592 g/mol. The van der Waals surface area contributed by atoms with E-state index in [1.165, 1.54) is 55.7 Å². The van der Waals surface area contributed by atoms with Crippen molar-refractivity contribution in [1.29, 1.82) is 0 Å². The smallest absolute Gasteiger partial charge is 0.199 e. The molecule has 45 heavy (non-hydrogen) atoms. The fraction of sp³-hybridized carbons (Fsp3) is 0.262. The molecule has 0 fully saturated rings. The van der Waals surface area contributed by atoms with E-state index in [1.807, 2.05) is 0 Å². The molecule has 2 aliphatic carbocycles. The van der Waals surface area contributed by atoms with Gasteiger partial charge in [-0.2, -0.15) is 0 Å². The number of allylic oxidation sites excluding steroid dienone is 8. The maximum Gasteiger partial charge on any atom is 0.199 e. The van der Waals surface area contributed by atoms with Crippen LogP contribution in [-0.4, -0.2) is 52.0 Å². The third-order valence-electron chi connectivity index (χ3n) is 9.38. The Morgan fingerprint density at radius 3 is 2.02 bits per heavy atom. The van der Waals surface area contributed by atoms with Crippen LogP contribution in [0.3, 0.4) is 0 Å². The summed E-state index contributed by atoms with van der Waals surface area (Å²) >= 11 is 0. The Kier molecular flexibility index (Phi) is 9.57. The summed E-state index contributed by atoms with van der Waals surface area (Å²) in [5.41, 5.74) is 11.5. The number of aromatic nitrogens is 1. The van der Waals surface area contributed by atoms with E-state index in [9.17, 15) is 0 Å². The molecule has 3 aromatic carbocycles. The largest absolute Gasteiger partial charge is 0.335 e. The van der Waals surface area contributed by atoms with Gasteiger partial charge in [0, 0.05) is 41.2 Å². The molecule has 0 N–H and O–H groups in total. The first-order valence-corrected chi connectivity index (χ1v) is 16.7. The minimum atomic E-state index is 0.433. The Bertz CT molecular complexity index is 1800. The van der Waals surface area contributed by atoms with Crippen molar-refractivity contribution in [1.82, 2.24) is 9.47 Å². The first kappa shape index (κ1) is 30.6. The highest BCUT2D eigenvalue weighted by Crippen LogP contribution is 2.44. The molecule has 2 aliphatic rings. The topological polar surface area (TPSA) is 11.2 Å². The lowest BCUT2D eigenvalue weighted by atomic mass is 9.85. The fourth-order valence-electron chi connectivity index (χ4n) is 7.02. The normalized spacial score (nSPS) is 16.1. The Hall–Kier alpha value is -4.47. The van der Waals surface area contributed by atoms with Gasteiger partial charge in [-0.1, -0.05) is 111 Å². The number of nitrogens with zero attached hydrogens (tertiary/aromatic N) is 3. The molecular weight excluding hydrogens is 546 g/mol. The van der Waals surface area contributed by atoms with Crippen LogP contribution in [0.1, 0.15) is 45.2 Å². The van der Waals surface area contributed by atoms with E-state index in [2.05, 4.69) is 169 Å². The predicted octanol–water partition coefficient (Wildman–Crippen LogP) is 9.33. The first-order valence-electron chi connectivity index (χ1n) is 16.7. The summed E-state index contributed by atoms with van der Waals surface area (Å²) in [6.07, 6.45) is 17.6. The average molecular weight is 593 g/mol. The number of hydrogen-bond acceptors (Lipinski definition) is 1. The van der Waals surface area contributed by atoms with Crippen LogP contribution in [0.2, 0.25) is 0 Å². The zero-order valence-corrected chi connectivity index (χ0v) is 27.3. The second kappa shape index (κ2) is 14.1. The van der Waals surface area contributed by atoms with E-state index in [0.29, 0.717) is 6.04 Å². The van der Waals surface area contributed by atoms with E-state index in [-0.39, 0.29) is 0 Å². The molecule has 0 aliphatic heterocycles. The minimum absolute atomic E-state index is 0.433. The molecular formula is C42H46N3+. The molecule has 6 rings (SSSR count). The number of likely N-dealkylation sites (N-methyl/N-ethyl adjacent to an activating group) is 1. The third kappa shape index (κ3) is 6.23. The summed E-state index contributed by atoms with van der Waals surface area (Å²) in [4.78, 5) is 2.55. The number of fused-ring (bicyclic) bond motifs is 1. The molecule has 228 valence electrons. The highest BCUT2D eigenvalue weighted by atomic mass is 15.1. The maximum atomic E-state index is 2.55. The summed E-state index contributed by atoms with van der Waals surface area (Å²) in [5.74, 6) is 0. The van der Waals surface area contributed by atoms with Crippen molar-refractivity contribution >= 4 is 22.2 Å². The van der Waals surface area contributed by atoms with Crippen molar-refractivity contribution in [2.24, 2.45) is 0 Å². The van der Waals surface area contributed by atoms with Crippen LogP contribution in [0.25, 0.3) is 27.7 Å². The average Bonchev–Trinajstić information content (AvgIpc) is 3.41. The third-order valence-corrected chi connectivity index (χ3v) is 9.38. The van der Waals surface area contributed by atoms with Crippen LogP contribution >= 0.6 is 0 Å². The molecule has 4 aromatic rings. The molecule has 0 saturated heterocycles. The Balaban J connectivity index is 1.63. The number of rotatable bonds is 10. The number of hydrogen-bond donors (Lipinski definition) is 0. The van der Waals surface area contributed by atoms with E-state index < -0.39 is 0 Å². The van der Waals surface area contributed by atoms with Crippen molar-refractivity contribution in [3.8, 4) is 11.3 Å². The van der Waals surface area contributed by atoms with Crippen molar-refractivity contribution < 1.29 is 4.58 Å². The first-order chi connectivity index (χ1) is 22.2. The van der Waals surface area contributed by atoms with Gasteiger partial charge < -0.3 is 4.57 Å². The molecule has 1 aromatic heterocycles. The van der Waals surface area contributed by atoms with Gasteiger partial charge in [-0.05, 0) is 79.4 Å². The van der Waals surface area contributed by atoms with Crippen LogP contribution in [0.5, 0.6) is 0 Å². The van der Waals surface area contributed by atoms with E-state index in [1.54, 1.807) is 0 Å². The van der Waals surface area contributed by atoms with E-state index in [0.717, 1.165) is 39.1 Å². The lowest BCUT2D eigenvalue weighted by Crippen LogP contribution is -2.34. The molecule has 0 spiro atoms. The summed E-state index contributed by atoms with van der Waals surface area (Å²) < 4.78 is 4.95. The standard InChI is InChI=1S/C42H46N3/c1-5-43(6-2)36-27-23-33(24-28-36)40(34-25-29-37(30-26-34)44(7-3)8-4)41-38-21-15-16-22-39(38)45(31-32-17-11-9-12-18-32)42(41)35-19-13-10-14-20-35/h9-29,37H,5-8,30-31H2,1-4H3/q+1. The van der Waals surface area contributed by atoms with Crippen LogP contribution in [0, 0.1) is 0 Å². The lowest BCUT2D eigenvalue weighted by molar-refractivity contribution is -0.519. The van der Waals surface area contributed by atoms with Crippen LogP contribution in [-0.2, 0) is 6.54 Å². The summed E-state index contributed by atoms with van der Waals surface area (Å²) in [7, 11) is 0. The Morgan fingerprint density at radius 2 is 1.40 bits per heavy atom. The summed E-state index contributed by atoms with van der Waals surface area (Å²) in [6, 6.07) is 31.2. The molecule has 0 radical (unpaired) electrons. The van der Waals surface area contributed by atoms with Gasteiger partial charge in [0.25, 0.3) is 0 Å². The molecule has 1 atom stereocenters. The van der Waals surface area contributed by atoms with Gasteiger partial charge in [0.2, 0.25) is 0 Å². The highest BCUT2D eigenvalue weighted by Gasteiger charge is 2.26.